The number of hydrogen-bond donors (Lipinski definition) is 0. The number of benzene rings is 2. The van der Waals surface area contributed by atoms with Crippen LogP contribution in [-0.4, -0.2) is 5.97 Å². The first kappa shape index (κ1) is 12.8. The van der Waals surface area contributed by atoms with E-state index in [2.05, 4.69) is 0 Å². The van der Waals surface area contributed by atoms with E-state index in [1.54, 1.807) is 18.2 Å². The first-order valence-electron chi connectivity index (χ1n) is 6.01. The summed E-state index contributed by atoms with van der Waals surface area (Å²) in [7, 11) is 0. The first-order chi connectivity index (χ1) is 9.34. The van der Waals surface area contributed by atoms with E-state index < -0.39 is 0 Å². The highest BCUT2D eigenvalue weighted by Crippen LogP contribution is 2.08. The molecule has 0 aliphatic heterocycles. The molecule has 2 rings (SSSR count). The van der Waals surface area contributed by atoms with Crippen LogP contribution in [-0.2, 0) is 4.79 Å². The molecule has 19 heavy (non-hydrogen) atoms. The Kier molecular flexibility index (Phi) is 4.71. The van der Waals surface area contributed by atoms with Crippen molar-refractivity contribution >= 4 is 12.0 Å². The lowest BCUT2D eigenvalue weighted by Gasteiger charge is -1.98. The summed E-state index contributed by atoms with van der Waals surface area (Å²) in [5.74, 6) is 0.160. The summed E-state index contributed by atoms with van der Waals surface area (Å²) in [5.41, 5.74) is 1.09. The summed E-state index contributed by atoms with van der Waals surface area (Å²) >= 11 is 0. The third-order valence-corrected chi connectivity index (χ3v) is 2.39. The van der Waals surface area contributed by atoms with Crippen molar-refractivity contribution in [3.05, 3.63) is 84.5 Å². The Morgan fingerprint density at radius 1 is 0.842 bits per heavy atom. The largest absolute Gasteiger partial charge is 0.423 e. The predicted molar refractivity (Wildman–Crippen MR) is 76.7 cm³/mol. The standard InChI is InChI=1S/C17H14O2/c18-17(19-16-12-5-2-6-13-16)14-8-7-11-15-9-3-1-4-10-15/h1-14H/b11-7+,14-8+. The van der Waals surface area contributed by atoms with Crippen LogP contribution in [0.25, 0.3) is 6.08 Å². The van der Waals surface area contributed by atoms with E-state index in [0.717, 1.165) is 5.56 Å². The molecule has 0 unspecified atom stereocenters. The predicted octanol–water partition coefficient (Wildman–Crippen LogP) is 3.86. The number of rotatable bonds is 4. The molecule has 0 amide bonds. The van der Waals surface area contributed by atoms with Crippen LogP contribution < -0.4 is 4.74 Å². The zero-order chi connectivity index (χ0) is 13.3. The van der Waals surface area contributed by atoms with Gasteiger partial charge in [-0.1, -0.05) is 66.8 Å². The fourth-order valence-electron chi connectivity index (χ4n) is 1.50. The van der Waals surface area contributed by atoms with Gasteiger partial charge in [0.15, 0.2) is 0 Å². The van der Waals surface area contributed by atoms with Crippen LogP contribution in [0.2, 0.25) is 0 Å². The molecular formula is C17H14O2. The number of para-hydroxylation sites is 1. The Labute approximate surface area is 112 Å². The average Bonchev–Trinajstić information content (AvgIpc) is 2.46. The van der Waals surface area contributed by atoms with E-state index in [0.29, 0.717) is 5.75 Å². The molecule has 0 aromatic heterocycles. The van der Waals surface area contributed by atoms with Gasteiger partial charge in [-0.25, -0.2) is 4.79 Å². The Bertz CT molecular complexity index is 569. The lowest BCUT2D eigenvalue weighted by atomic mass is 10.2. The second kappa shape index (κ2) is 6.97. The van der Waals surface area contributed by atoms with Gasteiger partial charge >= 0.3 is 5.97 Å². The first-order valence-corrected chi connectivity index (χ1v) is 6.01. The van der Waals surface area contributed by atoms with Crippen molar-refractivity contribution in [2.75, 3.05) is 0 Å². The van der Waals surface area contributed by atoms with Crippen LogP contribution in [0, 0.1) is 0 Å². The van der Waals surface area contributed by atoms with Crippen LogP contribution in [0.4, 0.5) is 0 Å². The minimum absolute atomic E-state index is 0.385. The van der Waals surface area contributed by atoms with E-state index in [1.165, 1.54) is 6.08 Å². The smallest absolute Gasteiger partial charge is 0.336 e. The molecule has 0 radical (unpaired) electrons. The zero-order valence-electron chi connectivity index (χ0n) is 10.4. The lowest BCUT2D eigenvalue weighted by molar-refractivity contribution is -0.128. The molecule has 0 saturated carbocycles. The summed E-state index contributed by atoms with van der Waals surface area (Å²) < 4.78 is 5.11. The van der Waals surface area contributed by atoms with Gasteiger partial charge in [-0.05, 0) is 17.7 Å². The number of hydrogen-bond acceptors (Lipinski definition) is 2. The maximum atomic E-state index is 11.5. The van der Waals surface area contributed by atoms with Gasteiger partial charge in [0, 0.05) is 6.08 Å². The summed E-state index contributed by atoms with van der Waals surface area (Å²) in [6.07, 6.45) is 6.79. The van der Waals surface area contributed by atoms with E-state index in [4.69, 9.17) is 4.74 Å². The van der Waals surface area contributed by atoms with Crippen LogP contribution in [0.3, 0.4) is 0 Å². The maximum Gasteiger partial charge on any atom is 0.336 e. The highest BCUT2D eigenvalue weighted by Gasteiger charge is 1.97. The molecule has 0 aliphatic carbocycles. The number of allylic oxidation sites excluding steroid dienone is 2. The fourth-order valence-corrected chi connectivity index (χ4v) is 1.50. The van der Waals surface area contributed by atoms with E-state index in [-0.39, 0.29) is 5.97 Å². The van der Waals surface area contributed by atoms with Crippen molar-refractivity contribution in [2.24, 2.45) is 0 Å². The molecular weight excluding hydrogens is 236 g/mol. The summed E-state index contributed by atoms with van der Waals surface area (Å²) in [6.45, 7) is 0. The van der Waals surface area contributed by atoms with Gasteiger partial charge in [-0.3, -0.25) is 0 Å². The quantitative estimate of drug-likeness (QED) is 0.356. The minimum atomic E-state index is -0.385. The molecule has 2 aromatic rings. The van der Waals surface area contributed by atoms with Crippen molar-refractivity contribution < 1.29 is 9.53 Å². The summed E-state index contributed by atoms with van der Waals surface area (Å²) in [6, 6.07) is 18.9. The molecule has 0 heterocycles. The third kappa shape index (κ3) is 4.64. The lowest BCUT2D eigenvalue weighted by Crippen LogP contribution is -2.02. The molecule has 94 valence electrons. The number of carbonyl (C=O) groups is 1. The van der Waals surface area contributed by atoms with Gasteiger partial charge in [0.25, 0.3) is 0 Å². The van der Waals surface area contributed by atoms with Crippen LogP contribution in [0.5, 0.6) is 5.75 Å². The number of esters is 1. The van der Waals surface area contributed by atoms with Gasteiger partial charge in [0.05, 0.1) is 0 Å². The van der Waals surface area contributed by atoms with Crippen LogP contribution in [0.15, 0.2) is 78.9 Å². The molecule has 0 atom stereocenters. The van der Waals surface area contributed by atoms with Gasteiger partial charge in [0.1, 0.15) is 5.75 Å². The molecule has 0 spiro atoms. The van der Waals surface area contributed by atoms with Gasteiger partial charge in [-0.2, -0.15) is 0 Å². The monoisotopic (exact) mass is 250 g/mol. The maximum absolute atomic E-state index is 11.5. The van der Waals surface area contributed by atoms with Crippen molar-refractivity contribution in [3.63, 3.8) is 0 Å². The minimum Gasteiger partial charge on any atom is -0.423 e. The molecule has 2 heteroatoms. The molecule has 0 bridgehead atoms. The Hall–Kier alpha value is -2.61. The van der Waals surface area contributed by atoms with Crippen LogP contribution in [0.1, 0.15) is 5.56 Å². The summed E-state index contributed by atoms with van der Waals surface area (Å²) in [4.78, 5) is 11.5. The Morgan fingerprint density at radius 3 is 2.16 bits per heavy atom. The van der Waals surface area contributed by atoms with Crippen LogP contribution >= 0.6 is 0 Å². The normalized spacial score (nSPS) is 10.9. The fraction of sp³-hybridized carbons (Fsp3) is 0. The molecule has 0 fully saturated rings. The topological polar surface area (TPSA) is 26.3 Å². The number of ether oxygens (including phenoxy) is 1. The van der Waals surface area contributed by atoms with E-state index in [9.17, 15) is 4.79 Å². The van der Waals surface area contributed by atoms with Gasteiger partial charge in [-0.15, -0.1) is 0 Å². The Morgan fingerprint density at radius 2 is 1.47 bits per heavy atom. The van der Waals surface area contributed by atoms with Gasteiger partial charge < -0.3 is 4.74 Å². The second-order valence-electron chi connectivity index (χ2n) is 3.86. The molecule has 2 nitrogen and oxygen atoms in total. The number of carbonyl (C=O) groups excluding carboxylic acids is 1. The van der Waals surface area contributed by atoms with Crippen molar-refractivity contribution in [1.29, 1.82) is 0 Å². The van der Waals surface area contributed by atoms with E-state index >= 15 is 0 Å². The SMILES string of the molecule is O=C(/C=C/C=C/c1ccccc1)Oc1ccccc1. The average molecular weight is 250 g/mol. The third-order valence-electron chi connectivity index (χ3n) is 2.39. The molecule has 0 saturated heterocycles. The molecule has 0 N–H and O–H groups in total. The van der Waals surface area contributed by atoms with Crippen molar-refractivity contribution in [2.45, 2.75) is 0 Å². The van der Waals surface area contributed by atoms with Gasteiger partial charge in [0.2, 0.25) is 0 Å². The zero-order valence-corrected chi connectivity index (χ0v) is 10.4. The second-order valence-corrected chi connectivity index (χ2v) is 3.86. The van der Waals surface area contributed by atoms with Crippen molar-refractivity contribution in [1.82, 2.24) is 0 Å². The highest BCUT2D eigenvalue weighted by atomic mass is 16.5. The molecule has 2 aromatic carbocycles. The van der Waals surface area contributed by atoms with Crippen molar-refractivity contribution in [3.8, 4) is 5.75 Å². The van der Waals surface area contributed by atoms with E-state index in [1.807, 2.05) is 60.7 Å². The molecule has 0 aliphatic rings. The highest BCUT2D eigenvalue weighted by molar-refractivity contribution is 5.84. The Balaban J connectivity index is 1.86. The summed E-state index contributed by atoms with van der Waals surface area (Å²) in [5, 5.41) is 0.